The van der Waals surface area contributed by atoms with E-state index < -0.39 is 54.9 Å². The van der Waals surface area contributed by atoms with Crippen LogP contribution in [0.25, 0.3) is 11.0 Å². The molecule has 0 saturated heterocycles. The second-order valence-electron chi connectivity index (χ2n) is 10.5. The largest absolute Gasteiger partial charge is 0.573 e. The van der Waals surface area contributed by atoms with E-state index in [1.54, 1.807) is 18.2 Å². The highest BCUT2D eigenvalue weighted by atomic mass is 28.3. The molecule has 0 aliphatic carbocycles. The number of rotatable bonds is 10. The summed E-state index contributed by atoms with van der Waals surface area (Å²) < 4.78 is 104. The predicted octanol–water partition coefficient (Wildman–Crippen LogP) is 8.67. The fraction of sp³-hybridized carbons (Fsp3) is 0.286. The Bertz CT molecular complexity index is 1570. The van der Waals surface area contributed by atoms with Crippen molar-refractivity contribution >= 4 is 30.9 Å². The van der Waals surface area contributed by atoms with Crippen LogP contribution in [0.3, 0.4) is 0 Å². The molecule has 0 fully saturated rings. The van der Waals surface area contributed by atoms with Crippen molar-refractivity contribution in [2.45, 2.75) is 45.0 Å². The van der Waals surface area contributed by atoms with Crippen LogP contribution in [-0.4, -0.2) is 36.7 Å². The molecule has 2 heterocycles. The maximum atomic E-state index is 14.1. The van der Waals surface area contributed by atoms with E-state index in [0.717, 1.165) is 41.2 Å². The summed E-state index contributed by atoms with van der Waals surface area (Å²) in [6.45, 7) is 6.50. The van der Waals surface area contributed by atoms with Gasteiger partial charge in [0, 0.05) is 38.8 Å². The van der Waals surface area contributed by atoms with E-state index in [4.69, 9.17) is 14.2 Å². The zero-order valence-electron chi connectivity index (χ0n) is 23.2. The van der Waals surface area contributed by atoms with Crippen LogP contribution in [0.2, 0.25) is 25.7 Å². The molecule has 2 aromatic carbocycles. The molecule has 0 aliphatic heterocycles. The number of alkyl halides is 6. The zero-order valence-corrected chi connectivity index (χ0v) is 24.2. The standard InChI is InChI=1S/C28H27F6N3O5Si/c1-43(2,3)14-13-39-17-37-16-20(27(29,30)31)24-22(11-12-35-25(24)37)41-21-10-9-18(15-23(21)42-28(32,33)34)36-26(38)40-19-7-5-4-6-8-19/h4-12,15-16H,13-14,17H2,1-3H3,(H,36,38). The van der Waals surface area contributed by atoms with Crippen molar-refractivity contribution in [2.24, 2.45) is 0 Å². The van der Waals surface area contributed by atoms with Crippen LogP contribution >= 0.6 is 0 Å². The van der Waals surface area contributed by atoms with E-state index in [2.05, 4.69) is 34.7 Å². The fourth-order valence-corrected chi connectivity index (χ4v) is 4.61. The summed E-state index contributed by atoms with van der Waals surface area (Å²) in [5, 5.41) is 1.79. The van der Waals surface area contributed by atoms with E-state index in [1.165, 1.54) is 18.2 Å². The molecular weight excluding hydrogens is 600 g/mol. The lowest BCUT2D eigenvalue weighted by Gasteiger charge is -2.17. The Morgan fingerprint density at radius 3 is 2.33 bits per heavy atom. The first-order valence-electron chi connectivity index (χ1n) is 12.8. The number of hydrogen-bond acceptors (Lipinski definition) is 6. The van der Waals surface area contributed by atoms with Crippen LogP contribution in [-0.2, 0) is 17.6 Å². The van der Waals surface area contributed by atoms with Crippen LogP contribution in [0.15, 0.2) is 67.0 Å². The zero-order chi connectivity index (χ0) is 31.4. The maximum Gasteiger partial charge on any atom is 0.573 e. The number of nitrogens with zero attached hydrogens (tertiary/aromatic N) is 2. The van der Waals surface area contributed by atoms with Crippen molar-refractivity contribution in [3.63, 3.8) is 0 Å². The van der Waals surface area contributed by atoms with Gasteiger partial charge in [-0.2, -0.15) is 13.2 Å². The van der Waals surface area contributed by atoms with Gasteiger partial charge in [0.1, 0.15) is 23.9 Å². The van der Waals surface area contributed by atoms with E-state index in [0.29, 0.717) is 6.61 Å². The number of nitrogens with one attached hydrogen (secondary N) is 1. The Hall–Kier alpha value is -4.24. The molecule has 0 aliphatic rings. The van der Waals surface area contributed by atoms with E-state index >= 15 is 0 Å². The van der Waals surface area contributed by atoms with Crippen molar-refractivity contribution in [1.29, 1.82) is 0 Å². The SMILES string of the molecule is C[Si](C)(C)CCOCn1cc(C(F)(F)F)c2c(Oc3ccc(NC(=O)Oc4ccccc4)cc3OC(F)(F)F)ccnc21. The first-order valence-corrected chi connectivity index (χ1v) is 16.5. The number of fused-ring (bicyclic) bond motifs is 1. The first-order chi connectivity index (χ1) is 20.1. The van der Waals surface area contributed by atoms with Gasteiger partial charge in [0.15, 0.2) is 11.5 Å². The molecule has 1 amide bonds. The number of amides is 1. The molecule has 0 unspecified atom stereocenters. The quantitative estimate of drug-likeness (QED) is 0.108. The number of halogens is 6. The molecule has 0 atom stereocenters. The van der Waals surface area contributed by atoms with Gasteiger partial charge in [-0.25, -0.2) is 9.78 Å². The van der Waals surface area contributed by atoms with Gasteiger partial charge in [0.25, 0.3) is 0 Å². The van der Waals surface area contributed by atoms with Crippen LogP contribution < -0.4 is 19.5 Å². The summed E-state index contributed by atoms with van der Waals surface area (Å²) in [6, 6.07) is 12.8. The number of benzene rings is 2. The highest BCUT2D eigenvalue weighted by Gasteiger charge is 2.37. The van der Waals surface area contributed by atoms with Crippen molar-refractivity contribution in [1.82, 2.24) is 9.55 Å². The Morgan fingerprint density at radius 2 is 1.67 bits per heavy atom. The van der Waals surface area contributed by atoms with Crippen molar-refractivity contribution in [3.05, 3.63) is 72.6 Å². The molecule has 0 saturated carbocycles. The second kappa shape index (κ2) is 12.5. The average Bonchev–Trinajstić information content (AvgIpc) is 3.27. The Kier molecular flexibility index (Phi) is 9.25. The molecule has 1 N–H and O–H groups in total. The molecule has 15 heteroatoms. The normalized spacial score (nSPS) is 12.3. The number of ether oxygens (including phenoxy) is 4. The predicted molar refractivity (Wildman–Crippen MR) is 148 cm³/mol. The number of carbonyl (C=O) groups excluding carboxylic acids is 1. The first kappa shape index (κ1) is 31.7. The highest BCUT2D eigenvalue weighted by Crippen LogP contribution is 2.43. The van der Waals surface area contributed by atoms with Gasteiger partial charge >= 0.3 is 18.6 Å². The fourth-order valence-electron chi connectivity index (χ4n) is 3.86. The maximum absolute atomic E-state index is 14.1. The molecule has 4 aromatic rings. The van der Waals surface area contributed by atoms with Gasteiger partial charge in [0.2, 0.25) is 0 Å². The van der Waals surface area contributed by atoms with Crippen molar-refractivity contribution in [3.8, 4) is 23.0 Å². The minimum Gasteiger partial charge on any atom is -0.453 e. The molecule has 0 bridgehead atoms. The monoisotopic (exact) mass is 627 g/mol. The van der Waals surface area contributed by atoms with Gasteiger partial charge in [0.05, 0.1) is 10.9 Å². The Morgan fingerprint density at radius 1 is 0.953 bits per heavy atom. The lowest BCUT2D eigenvalue weighted by atomic mass is 10.2. The van der Waals surface area contributed by atoms with Crippen LogP contribution in [0, 0.1) is 0 Å². The number of aromatic nitrogens is 2. The molecular formula is C28H27F6N3O5Si. The van der Waals surface area contributed by atoms with Gasteiger partial charge in [-0.15, -0.1) is 13.2 Å². The summed E-state index contributed by atoms with van der Waals surface area (Å²) in [5.41, 5.74) is -1.41. The summed E-state index contributed by atoms with van der Waals surface area (Å²) in [7, 11) is -1.45. The summed E-state index contributed by atoms with van der Waals surface area (Å²) in [4.78, 5) is 16.3. The van der Waals surface area contributed by atoms with Crippen LogP contribution in [0.5, 0.6) is 23.0 Å². The van der Waals surface area contributed by atoms with Crippen LogP contribution in [0.4, 0.5) is 36.8 Å². The third-order valence-corrected chi connectivity index (χ3v) is 7.54. The van der Waals surface area contributed by atoms with E-state index in [9.17, 15) is 31.1 Å². The molecule has 43 heavy (non-hydrogen) atoms. The average molecular weight is 628 g/mol. The summed E-state index contributed by atoms with van der Waals surface area (Å²) >= 11 is 0. The van der Waals surface area contributed by atoms with E-state index in [1.807, 2.05) is 0 Å². The number of carbonyl (C=O) groups is 1. The lowest BCUT2D eigenvalue weighted by molar-refractivity contribution is -0.275. The molecule has 0 spiro atoms. The number of hydrogen-bond donors (Lipinski definition) is 1. The summed E-state index contributed by atoms with van der Waals surface area (Å²) in [6.07, 6.45) is -9.06. The highest BCUT2D eigenvalue weighted by molar-refractivity contribution is 6.76. The number of anilines is 1. The third-order valence-electron chi connectivity index (χ3n) is 5.84. The number of para-hydroxylation sites is 1. The Balaban J connectivity index is 1.65. The number of pyridine rings is 1. The van der Waals surface area contributed by atoms with Crippen molar-refractivity contribution < 1.29 is 50.1 Å². The topological polar surface area (TPSA) is 83.8 Å². The molecule has 8 nitrogen and oxygen atoms in total. The lowest BCUT2D eigenvalue weighted by Crippen LogP contribution is -2.22. The molecule has 230 valence electrons. The van der Waals surface area contributed by atoms with Gasteiger partial charge in [-0.3, -0.25) is 5.32 Å². The molecule has 0 radical (unpaired) electrons. The van der Waals surface area contributed by atoms with Crippen molar-refractivity contribution in [2.75, 3.05) is 11.9 Å². The van der Waals surface area contributed by atoms with Gasteiger partial charge in [-0.05, 0) is 36.4 Å². The Labute approximate surface area is 243 Å². The van der Waals surface area contributed by atoms with Gasteiger partial charge in [-0.1, -0.05) is 37.8 Å². The van der Waals surface area contributed by atoms with Gasteiger partial charge < -0.3 is 23.5 Å². The molecule has 2 aromatic heterocycles. The van der Waals surface area contributed by atoms with Crippen LogP contribution in [0.1, 0.15) is 5.56 Å². The summed E-state index contributed by atoms with van der Waals surface area (Å²) in [5.74, 6) is -1.73. The second-order valence-corrected chi connectivity index (χ2v) is 16.1. The molecule has 4 rings (SSSR count). The minimum absolute atomic E-state index is 0.141. The minimum atomic E-state index is -5.19. The van der Waals surface area contributed by atoms with E-state index in [-0.39, 0.29) is 23.8 Å². The smallest absolute Gasteiger partial charge is 0.453 e. The third kappa shape index (κ3) is 8.87.